The normalized spacial score (nSPS) is 12.2. The first-order valence-corrected chi connectivity index (χ1v) is 7.41. The highest BCUT2D eigenvalue weighted by molar-refractivity contribution is 7.13. The molecule has 0 saturated carbocycles. The third-order valence-corrected chi connectivity index (χ3v) is 4.57. The number of amides is 1. The Morgan fingerprint density at radius 2 is 2.16 bits per heavy atom. The molecule has 1 rings (SSSR count). The van der Waals surface area contributed by atoms with Gasteiger partial charge in [0.25, 0.3) is 5.91 Å². The Morgan fingerprint density at radius 1 is 1.47 bits per heavy atom. The van der Waals surface area contributed by atoms with Crippen molar-refractivity contribution in [3.05, 3.63) is 20.8 Å². The number of carbonyl (C=O) groups is 2. The van der Waals surface area contributed by atoms with Gasteiger partial charge in [0.15, 0.2) is 0 Å². The first-order chi connectivity index (χ1) is 8.91. The van der Waals surface area contributed by atoms with Gasteiger partial charge in [0.2, 0.25) is 0 Å². The van der Waals surface area contributed by atoms with Crippen LogP contribution in [0.5, 0.6) is 0 Å². The van der Waals surface area contributed by atoms with Crippen molar-refractivity contribution in [1.29, 1.82) is 0 Å². The second-order valence-electron chi connectivity index (χ2n) is 4.64. The van der Waals surface area contributed by atoms with Crippen molar-refractivity contribution in [2.45, 2.75) is 33.1 Å². The fourth-order valence-electron chi connectivity index (χ4n) is 1.61. The summed E-state index contributed by atoms with van der Waals surface area (Å²) in [5.74, 6) is -0.665. The van der Waals surface area contributed by atoms with E-state index in [2.05, 4.69) is 5.32 Å². The molecule has 1 aromatic rings. The summed E-state index contributed by atoms with van der Waals surface area (Å²) in [6.45, 7) is 4.38. The number of carbonyl (C=O) groups excluding carboxylic acids is 1. The van der Waals surface area contributed by atoms with Gasteiger partial charge in [0.05, 0.1) is 5.02 Å². The van der Waals surface area contributed by atoms with Crippen LogP contribution in [0.25, 0.3) is 0 Å². The molecule has 106 valence electrons. The minimum Gasteiger partial charge on any atom is -0.481 e. The van der Waals surface area contributed by atoms with Crippen LogP contribution < -0.4 is 5.32 Å². The first-order valence-electron chi connectivity index (χ1n) is 6.15. The van der Waals surface area contributed by atoms with Gasteiger partial charge in [-0.25, -0.2) is 0 Å². The molecule has 0 aliphatic heterocycles. The van der Waals surface area contributed by atoms with E-state index in [4.69, 9.17) is 16.7 Å². The Labute approximate surface area is 121 Å². The van der Waals surface area contributed by atoms with E-state index in [0.29, 0.717) is 22.9 Å². The van der Waals surface area contributed by atoms with Crippen LogP contribution in [-0.2, 0) is 4.79 Å². The summed E-state index contributed by atoms with van der Waals surface area (Å²) in [6.07, 6.45) is 1.57. The van der Waals surface area contributed by atoms with Gasteiger partial charge in [-0.1, -0.05) is 18.5 Å². The van der Waals surface area contributed by atoms with Gasteiger partial charge in [-0.2, -0.15) is 0 Å². The van der Waals surface area contributed by atoms with Crippen LogP contribution in [-0.4, -0.2) is 23.5 Å². The SMILES string of the molecule is Cc1csc(C(=O)NCCC(C)CCC(=O)O)c1Cl. The lowest BCUT2D eigenvalue weighted by Crippen LogP contribution is -2.25. The van der Waals surface area contributed by atoms with Crippen LogP contribution in [0.15, 0.2) is 5.38 Å². The Bertz CT molecular complexity index is 459. The minimum absolute atomic E-state index is 0.159. The van der Waals surface area contributed by atoms with Gasteiger partial charge in [-0.05, 0) is 36.6 Å². The second-order valence-corrected chi connectivity index (χ2v) is 5.90. The quantitative estimate of drug-likeness (QED) is 0.812. The largest absolute Gasteiger partial charge is 0.481 e. The summed E-state index contributed by atoms with van der Waals surface area (Å²) in [4.78, 5) is 22.8. The molecule has 0 radical (unpaired) electrons. The molecule has 19 heavy (non-hydrogen) atoms. The number of nitrogens with one attached hydrogen (secondary N) is 1. The monoisotopic (exact) mass is 303 g/mol. The minimum atomic E-state index is -0.781. The number of rotatable bonds is 7. The smallest absolute Gasteiger partial charge is 0.303 e. The summed E-state index contributed by atoms with van der Waals surface area (Å²) >= 11 is 7.35. The zero-order chi connectivity index (χ0) is 14.4. The van der Waals surface area contributed by atoms with Crippen LogP contribution in [0, 0.1) is 12.8 Å². The van der Waals surface area contributed by atoms with Crippen molar-refractivity contribution in [3.63, 3.8) is 0 Å². The number of thiophene rings is 1. The number of halogens is 1. The molecule has 0 aliphatic rings. The van der Waals surface area contributed by atoms with Crippen LogP contribution in [0.3, 0.4) is 0 Å². The lowest BCUT2D eigenvalue weighted by atomic mass is 10.0. The van der Waals surface area contributed by atoms with Gasteiger partial charge in [0, 0.05) is 13.0 Å². The highest BCUT2D eigenvalue weighted by Gasteiger charge is 2.14. The van der Waals surface area contributed by atoms with Crippen molar-refractivity contribution in [2.75, 3.05) is 6.54 Å². The average Bonchev–Trinajstić information content (AvgIpc) is 2.67. The first kappa shape index (κ1) is 16.0. The number of carboxylic acids is 1. The summed E-state index contributed by atoms with van der Waals surface area (Å²) in [5, 5.41) is 13.8. The molecule has 4 nitrogen and oxygen atoms in total. The van der Waals surface area contributed by atoms with Gasteiger partial charge < -0.3 is 10.4 Å². The molecule has 1 amide bonds. The van der Waals surface area contributed by atoms with Crippen molar-refractivity contribution in [1.82, 2.24) is 5.32 Å². The molecule has 2 N–H and O–H groups in total. The van der Waals surface area contributed by atoms with E-state index in [1.165, 1.54) is 11.3 Å². The van der Waals surface area contributed by atoms with E-state index < -0.39 is 5.97 Å². The van der Waals surface area contributed by atoms with E-state index in [9.17, 15) is 9.59 Å². The zero-order valence-corrected chi connectivity index (χ0v) is 12.6. The number of hydrogen-bond donors (Lipinski definition) is 2. The average molecular weight is 304 g/mol. The van der Waals surface area contributed by atoms with E-state index >= 15 is 0 Å². The maximum atomic E-state index is 11.8. The Morgan fingerprint density at radius 3 is 2.68 bits per heavy atom. The highest BCUT2D eigenvalue weighted by Crippen LogP contribution is 2.26. The van der Waals surface area contributed by atoms with E-state index in [1.807, 2.05) is 19.2 Å². The molecule has 1 unspecified atom stereocenters. The molecule has 1 heterocycles. The molecule has 0 bridgehead atoms. The van der Waals surface area contributed by atoms with E-state index in [1.54, 1.807) is 0 Å². The molecule has 0 saturated heterocycles. The number of carboxylic acid groups (broad SMARTS) is 1. The number of aliphatic carboxylic acids is 1. The Kier molecular flexibility index (Phi) is 6.31. The van der Waals surface area contributed by atoms with Crippen LogP contribution in [0.1, 0.15) is 41.4 Å². The summed E-state index contributed by atoms with van der Waals surface area (Å²) in [6, 6.07) is 0. The van der Waals surface area contributed by atoms with Gasteiger partial charge in [-0.3, -0.25) is 9.59 Å². The molecule has 0 aromatic carbocycles. The second kappa shape index (κ2) is 7.50. The summed E-state index contributed by atoms with van der Waals surface area (Å²) in [5.41, 5.74) is 0.909. The Hall–Kier alpha value is -1.07. The standard InChI is InChI=1S/C13H18ClNO3S/c1-8(3-4-10(16)17)5-6-15-13(18)12-11(14)9(2)7-19-12/h7-8H,3-6H2,1-2H3,(H,15,18)(H,16,17). The maximum Gasteiger partial charge on any atom is 0.303 e. The molecule has 6 heteroatoms. The van der Waals surface area contributed by atoms with E-state index in [-0.39, 0.29) is 18.2 Å². The molecular formula is C13H18ClNO3S. The highest BCUT2D eigenvalue weighted by atomic mass is 35.5. The van der Waals surface area contributed by atoms with Gasteiger partial charge >= 0.3 is 5.97 Å². The third-order valence-electron chi connectivity index (χ3n) is 2.88. The van der Waals surface area contributed by atoms with Crippen molar-refractivity contribution in [3.8, 4) is 0 Å². The zero-order valence-electron chi connectivity index (χ0n) is 11.0. The third kappa shape index (κ3) is 5.20. The fraction of sp³-hybridized carbons (Fsp3) is 0.538. The predicted octanol–water partition coefficient (Wildman–Crippen LogP) is 3.33. The fourth-order valence-corrected chi connectivity index (χ4v) is 2.80. The van der Waals surface area contributed by atoms with Crippen molar-refractivity contribution in [2.24, 2.45) is 5.92 Å². The molecule has 1 aromatic heterocycles. The number of hydrogen-bond acceptors (Lipinski definition) is 3. The van der Waals surface area contributed by atoms with Crippen molar-refractivity contribution < 1.29 is 14.7 Å². The summed E-state index contributed by atoms with van der Waals surface area (Å²) in [7, 11) is 0. The van der Waals surface area contributed by atoms with Crippen LogP contribution in [0.2, 0.25) is 5.02 Å². The summed E-state index contributed by atoms with van der Waals surface area (Å²) < 4.78 is 0. The van der Waals surface area contributed by atoms with Crippen LogP contribution in [0.4, 0.5) is 0 Å². The van der Waals surface area contributed by atoms with Crippen molar-refractivity contribution >= 4 is 34.8 Å². The van der Waals surface area contributed by atoms with Crippen LogP contribution >= 0.6 is 22.9 Å². The van der Waals surface area contributed by atoms with E-state index in [0.717, 1.165) is 12.0 Å². The lowest BCUT2D eigenvalue weighted by Gasteiger charge is -2.10. The van der Waals surface area contributed by atoms with Gasteiger partial charge in [-0.15, -0.1) is 11.3 Å². The number of aryl methyl sites for hydroxylation is 1. The topological polar surface area (TPSA) is 66.4 Å². The molecule has 1 atom stereocenters. The molecule has 0 spiro atoms. The molecule has 0 aliphatic carbocycles. The predicted molar refractivity (Wildman–Crippen MR) is 77.1 cm³/mol. The Balaban J connectivity index is 2.31. The maximum absolute atomic E-state index is 11.8. The lowest BCUT2D eigenvalue weighted by molar-refractivity contribution is -0.137. The molecular weight excluding hydrogens is 286 g/mol. The van der Waals surface area contributed by atoms with Gasteiger partial charge in [0.1, 0.15) is 4.88 Å². The molecule has 0 fully saturated rings.